The maximum atomic E-state index is 13.4. The van der Waals surface area contributed by atoms with Gasteiger partial charge in [0, 0.05) is 26.1 Å². The van der Waals surface area contributed by atoms with Crippen LogP contribution in [0.2, 0.25) is 0 Å². The Balaban J connectivity index is 1.69. The summed E-state index contributed by atoms with van der Waals surface area (Å²) in [5.41, 5.74) is 1.26. The number of carbonyl (C=O) groups is 1. The zero-order valence-electron chi connectivity index (χ0n) is 14.4. The maximum Gasteiger partial charge on any atom is 0.335 e. The molecular weight excluding hydrogens is 337 g/mol. The fourth-order valence-electron chi connectivity index (χ4n) is 3.35. The molecule has 1 atom stereocenters. The Labute approximate surface area is 151 Å². The number of aromatic carboxylic acids is 1. The lowest BCUT2D eigenvalue weighted by Crippen LogP contribution is -2.55. The third kappa shape index (κ3) is 4.46. The molecule has 0 unspecified atom stereocenters. The predicted octanol–water partition coefficient (Wildman–Crippen LogP) is 2.33. The van der Waals surface area contributed by atoms with E-state index in [-0.39, 0.29) is 18.0 Å². The van der Waals surface area contributed by atoms with Crippen molar-refractivity contribution in [3.63, 3.8) is 0 Å². The molecule has 2 aromatic rings. The molecule has 0 aliphatic carbocycles. The van der Waals surface area contributed by atoms with Crippen LogP contribution in [0.1, 0.15) is 21.5 Å². The zero-order chi connectivity index (χ0) is 18.6. The molecule has 138 valence electrons. The lowest BCUT2D eigenvalue weighted by molar-refractivity contribution is -0.134. The minimum Gasteiger partial charge on any atom is -0.478 e. The van der Waals surface area contributed by atoms with E-state index in [1.165, 1.54) is 12.1 Å². The van der Waals surface area contributed by atoms with Crippen LogP contribution in [-0.4, -0.2) is 53.0 Å². The largest absolute Gasteiger partial charge is 0.478 e. The fourth-order valence-corrected chi connectivity index (χ4v) is 3.35. The van der Waals surface area contributed by atoms with Gasteiger partial charge in [-0.2, -0.15) is 0 Å². The second-order valence-electron chi connectivity index (χ2n) is 6.71. The molecule has 0 amide bonds. The van der Waals surface area contributed by atoms with E-state index in [1.807, 2.05) is 6.07 Å². The van der Waals surface area contributed by atoms with Gasteiger partial charge < -0.3 is 14.9 Å². The molecular formula is C20H22FNO4. The molecule has 0 spiro atoms. The van der Waals surface area contributed by atoms with Gasteiger partial charge in [-0.1, -0.05) is 24.3 Å². The number of nitrogens with zero attached hydrogens (tertiary/aromatic N) is 1. The first kappa shape index (κ1) is 18.5. The monoisotopic (exact) mass is 359 g/mol. The van der Waals surface area contributed by atoms with Crippen LogP contribution in [0.15, 0.2) is 48.5 Å². The Morgan fingerprint density at radius 1 is 1.19 bits per heavy atom. The van der Waals surface area contributed by atoms with Gasteiger partial charge in [-0.3, -0.25) is 4.90 Å². The van der Waals surface area contributed by atoms with Crippen molar-refractivity contribution in [3.8, 4) is 0 Å². The van der Waals surface area contributed by atoms with E-state index in [9.17, 15) is 14.3 Å². The predicted molar refractivity (Wildman–Crippen MR) is 94.6 cm³/mol. The summed E-state index contributed by atoms with van der Waals surface area (Å²) in [7, 11) is 0. The first-order chi connectivity index (χ1) is 12.5. The third-order valence-corrected chi connectivity index (χ3v) is 4.64. The Bertz CT molecular complexity index is 765. The van der Waals surface area contributed by atoms with Gasteiger partial charge in [0.25, 0.3) is 0 Å². The first-order valence-electron chi connectivity index (χ1n) is 8.53. The third-order valence-electron chi connectivity index (χ3n) is 4.64. The van der Waals surface area contributed by atoms with Crippen molar-refractivity contribution in [1.29, 1.82) is 0 Å². The lowest BCUT2D eigenvalue weighted by atomic mass is 9.93. The van der Waals surface area contributed by atoms with Crippen molar-refractivity contribution in [1.82, 2.24) is 4.90 Å². The molecule has 5 nitrogen and oxygen atoms in total. The van der Waals surface area contributed by atoms with Gasteiger partial charge in [-0.05, 0) is 35.4 Å². The summed E-state index contributed by atoms with van der Waals surface area (Å²) in [5.74, 6) is -1.25. The molecule has 1 aliphatic rings. The number of morpholine rings is 1. The molecule has 2 N–H and O–H groups in total. The number of carboxylic acid groups (broad SMARTS) is 1. The molecule has 0 aromatic heterocycles. The number of halogens is 1. The Hall–Kier alpha value is -2.28. The fraction of sp³-hybridized carbons (Fsp3) is 0.350. The smallest absolute Gasteiger partial charge is 0.335 e. The number of aliphatic hydroxyl groups is 1. The molecule has 1 fully saturated rings. The van der Waals surface area contributed by atoms with Gasteiger partial charge in [-0.25, -0.2) is 9.18 Å². The van der Waals surface area contributed by atoms with Gasteiger partial charge in [0.1, 0.15) is 11.4 Å². The van der Waals surface area contributed by atoms with Gasteiger partial charge in [-0.15, -0.1) is 0 Å². The molecule has 0 radical (unpaired) electrons. The second-order valence-corrected chi connectivity index (χ2v) is 6.71. The summed E-state index contributed by atoms with van der Waals surface area (Å²) in [6.45, 7) is 2.18. The van der Waals surface area contributed by atoms with Gasteiger partial charge in [0.15, 0.2) is 0 Å². The molecule has 1 heterocycles. The van der Waals surface area contributed by atoms with Crippen molar-refractivity contribution in [2.24, 2.45) is 0 Å². The number of hydrogen-bond acceptors (Lipinski definition) is 4. The molecule has 26 heavy (non-hydrogen) atoms. The van der Waals surface area contributed by atoms with Gasteiger partial charge in [0.2, 0.25) is 0 Å². The standard InChI is InChI=1S/C20H22FNO4/c21-18-3-1-2-16(10-18)11-20(14-23)13-22(8-9-26-20)12-15-4-6-17(7-5-15)19(24)25/h1-7,10,23H,8-9,11-14H2,(H,24,25)/t20-/m0/s1. The van der Waals surface area contributed by atoms with Crippen LogP contribution in [0.3, 0.4) is 0 Å². The molecule has 1 saturated heterocycles. The van der Waals surface area contributed by atoms with E-state index in [0.29, 0.717) is 32.7 Å². The van der Waals surface area contributed by atoms with Gasteiger partial charge >= 0.3 is 5.97 Å². The number of aliphatic hydroxyl groups excluding tert-OH is 1. The molecule has 6 heteroatoms. The SMILES string of the molecule is O=C(O)c1ccc(CN2CCO[C@@](CO)(Cc3cccc(F)c3)C2)cc1. The van der Waals surface area contributed by atoms with Gasteiger partial charge in [0.05, 0.1) is 18.8 Å². The summed E-state index contributed by atoms with van der Waals surface area (Å²) in [6, 6.07) is 13.1. The molecule has 2 aromatic carbocycles. The van der Waals surface area contributed by atoms with Crippen LogP contribution in [0.4, 0.5) is 4.39 Å². The highest BCUT2D eigenvalue weighted by atomic mass is 19.1. The summed E-state index contributed by atoms with van der Waals surface area (Å²) in [4.78, 5) is 13.1. The average molecular weight is 359 g/mol. The van der Waals surface area contributed by atoms with E-state index in [2.05, 4.69) is 4.90 Å². The highest BCUT2D eigenvalue weighted by Gasteiger charge is 2.36. The second kappa shape index (κ2) is 7.95. The van der Waals surface area contributed by atoms with E-state index >= 15 is 0 Å². The minimum atomic E-state index is -0.947. The maximum absolute atomic E-state index is 13.4. The summed E-state index contributed by atoms with van der Waals surface area (Å²) < 4.78 is 19.3. The van der Waals surface area contributed by atoms with Crippen molar-refractivity contribution >= 4 is 5.97 Å². The summed E-state index contributed by atoms with van der Waals surface area (Å²) in [5, 5.41) is 18.9. The van der Waals surface area contributed by atoms with E-state index in [1.54, 1.807) is 30.3 Å². The van der Waals surface area contributed by atoms with Crippen LogP contribution in [0, 0.1) is 5.82 Å². The van der Waals surface area contributed by atoms with Crippen LogP contribution in [0.5, 0.6) is 0 Å². The Morgan fingerprint density at radius 2 is 1.96 bits per heavy atom. The van der Waals surface area contributed by atoms with Crippen LogP contribution >= 0.6 is 0 Å². The number of rotatable bonds is 6. The molecule has 0 saturated carbocycles. The first-order valence-corrected chi connectivity index (χ1v) is 8.53. The Kier molecular flexibility index (Phi) is 5.66. The quantitative estimate of drug-likeness (QED) is 0.828. The summed E-state index contributed by atoms with van der Waals surface area (Å²) in [6.07, 6.45) is 0.426. The van der Waals surface area contributed by atoms with E-state index in [0.717, 1.165) is 11.1 Å². The van der Waals surface area contributed by atoms with Crippen molar-refractivity contribution < 1.29 is 24.1 Å². The molecule has 3 rings (SSSR count). The number of ether oxygens (including phenoxy) is 1. The van der Waals surface area contributed by atoms with Crippen molar-refractivity contribution in [2.75, 3.05) is 26.3 Å². The minimum absolute atomic E-state index is 0.155. The highest BCUT2D eigenvalue weighted by Crippen LogP contribution is 2.24. The highest BCUT2D eigenvalue weighted by molar-refractivity contribution is 5.87. The van der Waals surface area contributed by atoms with Crippen molar-refractivity contribution in [2.45, 2.75) is 18.6 Å². The topological polar surface area (TPSA) is 70.0 Å². The summed E-state index contributed by atoms with van der Waals surface area (Å²) >= 11 is 0. The van der Waals surface area contributed by atoms with E-state index in [4.69, 9.17) is 9.84 Å². The number of carboxylic acids is 1. The van der Waals surface area contributed by atoms with Crippen LogP contribution < -0.4 is 0 Å². The van der Waals surface area contributed by atoms with Crippen LogP contribution in [0.25, 0.3) is 0 Å². The average Bonchev–Trinajstić information content (AvgIpc) is 2.62. The van der Waals surface area contributed by atoms with E-state index < -0.39 is 11.6 Å². The Morgan fingerprint density at radius 3 is 2.62 bits per heavy atom. The van der Waals surface area contributed by atoms with Crippen molar-refractivity contribution in [3.05, 3.63) is 71.0 Å². The lowest BCUT2D eigenvalue weighted by Gasteiger charge is -2.42. The normalized spacial score (nSPS) is 20.8. The molecule has 0 bridgehead atoms. The molecule has 1 aliphatic heterocycles. The zero-order valence-corrected chi connectivity index (χ0v) is 14.4. The van der Waals surface area contributed by atoms with Crippen LogP contribution in [-0.2, 0) is 17.7 Å². The number of hydrogen-bond donors (Lipinski definition) is 2. The number of benzene rings is 2.